The summed E-state index contributed by atoms with van der Waals surface area (Å²) in [5.74, 6) is 1.33. The zero-order chi connectivity index (χ0) is 9.84. The average Bonchev–Trinajstić information content (AvgIpc) is 2.02. The molecule has 0 aliphatic carbocycles. The largest absolute Gasteiger partial charge is 0.465 e. The summed E-state index contributed by atoms with van der Waals surface area (Å²) in [6, 6.07) is 0. The van der Waals surface area contributed by atoms with Crippen molar-refractivity contribution < 1.29 is 14.7 Å². The third-order valence-corrected chi connectivity index (χ3v) is 2.76. The highest BCUT2D eigenvalue weighted by Crippen LogP contribution is 2.32. The second kappa shape index (κ2) is 4.18. The minimum absolute atomic E-state index is 0.267. The van der Waals surface area contributed by atoms with Gasteiger partial charge in [0, 0.05) is 12.0 Å². The van der Waals surface area contributed by atoms with E-state index in [4.69, 9.17) is 9.90 Å². The van der Waals surface area contributed by atoms with Gasteiger partial charge < -0.3 is 15.7 Å². The molecule has 1 atom stereocenters. The Bertz CT molecular complexity index is 250. The van der Waals surface area contributed by atoms with Gasteiger partial charge in [-0.1, -0.05) is 6.08 Å². The van der Waals surface area contributed by atoms with Crippen molar-refractivity contribution in [1.82, 2.24) is 4.90 Å². The van der Waals surface area contributed by atoms with Crippen LogP contribution in [0.4, 0.5) is 4.79 Å². The Labute approximate surface area is 79.6 Å². The molecule has 0 aromatic rings. The molecule has 0 spiro atoms. The van der Waals surface area contributed by atoms with Gasteiger partial charge in [0.15, 0.2) is 0 Å². The van der Waals surface area contributed by atoms with E-state index in [1.54, 1.807) is 4.90 Å². The second-order valence-electron chi connectivity index (χ2n) is 2.52. The average molecular weight is 202 g/mol. The first-order valence-electron chi connectivity index (χ1n) is 3.69. The van der Waals surface area contributed by atoms with Crippen LogP contribution in [0.1, 0.15) is 6.42 Å². The number of carbonyl (C=O) groups excluding carboxylic acids is 1. The predicted octanol–water partition coefficient (Wildman–Crippen LogP) is 0.428. The molecule has 2 heterocycles. The van der Waals surface area contributed by atoms with Gasteiger partial charge in [-0.25, -0.2) is 4.79 Å². The smallest absolute Gasteiger partial charge is 0.402 e. The van der Waals surface area contributed by atoms with Gasteiger partial charge in [-0.05, 0) is 0 Å². The van der Waals surface area contributed by atoms with E-state index in [0.717, 1.165) is 12.2 Å². The van der Waals surface area contributed by atoms with Crippen LogP contribution in [-0.2, 0) is 4.79 Å². The van der Waals surface area contributed by atoms with Crippen molar-refractivity contribution in [1.29, 1.82) is 0 Å². The van der Waals surface area contributed by atoms with Crippen molar-refractivity contribution >= 4 is 23.8 Å². The lowest BCUT2D eigenvalue weighted by Gasteiger charge is -2.39. The van der Waals surface area contributed by atoms with Gasteiger partial charge in [0.05, 0.1) is 11.8 Å². The van der Waals surface area contributed by atoms with Crippen LogP contribution in [0.15, 0.2) is 12.3 Å². The molecular weight excluding hydrogens is 192 g/mol. The van der Waals surface area contributed by atoms with Gasteiger partial charge in [0.1, 0.15) is 0 Å². The van der Waals surface area contributed by atoms with Crippen LogP contribution in [0.3, 0.4) is 0 Å². The van der Waals surface area contributed by atoms with Crippen molar-refractivity contribution in [3.63, 3.8) is 0 Å². The predicted molar refractivity (Wildman–Crippen MR) is 49.1 cm³/mol. The van der Waals surface area contributed by atoms with E-state index < -0.39 is 6.09 Å². The summed E-state index contributed by atoms with van der Waals surface area (Å²) in [5.41, 5.74) is 4.03. The second-order valence-corrected chi connectivity index (χ2v) is 3.73. The molecule has 2 amide bonds. The number of hydrogen-bond acceptors (Lipinski definition) is 3. The number of fused-ring (bicyclic) bond motifs is 1. The molecule has 72 valence electrons. The maximum absolute atomic E-state index is 10.7. The zero-order valence-electron chi connectivity index (χ0n) is 6.84. The molecule has 2 aliphatic rings. The lowest BCUT2D eigenvalue weighted by atomic mass is 10.2. The van der Waals surface area contributed by atoms with Crippen LogP contribution < -0.4 is 5.73 Å². The van der Waals surface area contributed by atoms with E-state index >= 15 is 0 Å². The first-order valence-corrected chi connectivity index (χ1v) is 4.74. The van der Waals surface area contributed by atoms with Gasteiger partial charge >= 0.3 is 6.09 Å². The number of nitrogens with zero attached hydrogens (tertiary/aromatic N) is 1. The third kappa shape index (κ3) is 2.66. The molecule has 0 unspecified atom stereocenters. The standard InChI is InChI=1S/C6H7NOS.CH3NO2/c8-5-4-6-7(5)2-1-3-9-6;2-1(3)4/h1-2,6H,3-4H2;2H2,(H,3,4)/t6-;/m1./s1. The first kappa shape index (κ1) is 9.91. The Kier molecular flexibility index (Phi) is 3.18. The Morgan fingerprint density at radius 2 is 2.38 bits per heavy atom. The zero-order valence-corrected chi connectivity index (χ0v) is 7.66. The summed E-state index contributed by atoms with van der Waals surface area (Å²) in [6.45, 7) is 0. The number of thioether (sulfide) groups is 1. The maximum Gasteiger partial charge on any atom is 0.402 e. The SMILES string of the molecule is NC(=O)O.O=C1C[C@H]2SCC=CN12. The Morgan fingerprint density at radius 3 is 2.77 bits per heavy atom. The fraction of sp³-hybridized carbons (Fsp3) is 0.429. The highest BCUT2D eigenvalue weighted by Gasteiger charge is 2.35. The molecule has 5 nitrogen and oxygen atoms in total. The van der Waals surface area contributed by atoms with Gasteiger partial charge in [-0.15, -0.1) is 11.8 Å². The van der Waals surface area contributed by atoms with Gasteiger partial charge in [0.25, 0.3) is 0 Å². The van der Waals surface area contributed by atoms with Crippen molar-refractivity contribution in [3.8, 4) is 0 Å². The number of hydrogen-bond donors (Lipinski definition) is 2. The molecule has 0 bridgehead atoms. The van der Waals surface area contributed by atoms with Gasteiger partial charge in [-0.3, -0.25) is 4.79 Å². The highest BCUT2D eigenvalue weighted by atomic mass is 32.2. The van der Waals surface area contributed by atoms with E-state index in [2.05, 4.69) is 5.73 Å². The molecule has 1 fully saturated rings. The molecule has 0 aromatic heterocycles. The van der Waals surface area contributed by atoms with Crippen LogP contribution in [-0.4, -0.2) is 33.1 Å². The number of carbonyl (C=O) groups is 2. The van der Waals surface area contributed by atoms with Crippen molar-refractivity contribution in [2.45, 2.75) is 11.8 Å². The Balaban J connectivity index is 0.000000184. The molecule has 13 heavy (non-hydrogen) atoms. The number of rotatable bonds is 0. The molecular formula is C7H10N2O3S. The molecule has 6 heteroatoms. The van der Waals surface area contributed by atoms with Crippen LogP contribution in [0.25, 0.3) is 0 Å². The summed E-state index contributed by atoms with van der Waals surface area (Å²) in [7, 11) is 0. The third-order valence-electron chi connectivity index (χ3n) is 1.60. The van der Waals surface area contributed by atoms with Crippen molar-refractivity contribution in [3.05, 3.63) is 12.3 Å². The number of nitrogens with two attached hydrogens (primary N) is 1. The van der Waals surface area contributed by atoms with Gasteiger partial charge in [0.2, 0.25) is 5.91 Å². The maximum atomic E-state index is 10.7. The summed E-state index contributed by atoms with van der Waals surface area (Å²) < 4.78 is 0. The van der Waals surface area contributed by atoms with E-state index in [0.29, 0.717) is 5.37 Å². The summed E-state index contributed by atoms with van der Waals surface area (Å²) in [4.78, 5) is 21.3. The minimum Gasteiger partial charge on any atom is -0.465 e. The fourth-order valence-electron chi connectivity index (χ4n) is 1.04. The van der Waals surface area contributed by atoms with Crippen LogP contribution >= 0.6 is 11.8 Å². The quantitative estimate of drug-likeness (QED) is 0.558. The van der Waals surface area contributed by atoms with Crippen molar-refractivity contribution in [2.75, 3.05) is 5.75 Å². The molecule has 0 aromatic carbocycles. The van der Waals surface area contributed by atoms with Crippen LogP contribution in [0.5, 0.6) is 0 Å². The number of primary amides is 1. The lowest BCUT2D eigenvalue weighted by Crippen LogP contribution is -2.48. The summed E-state index contributed by atoms with van der Waals surface area (Å²) >= 11 is 1.84. The molecule has 0 radical (unpaired) electrons. The number of amides is 2. The molecule has 0 saturated carbocycles. The van der Waals surface area contributed by atoms with E-state index in [1.165, 1.54) is 0 Å². The van der Waals surface area contributed by atoms with E-state index in [-0.39, 0.29) is 5.91 Å². The van der Waals surface area contributed by atoms with E-state index in [1.807, 2.05) is 24.0 Å². The summed E-state index contributed by atoms with van der Waals surface area (Å²) in [5, 5.41) is 7.67. The lowest BCUT2D eigenvalue weighted by molar-refractivity contribution is -0.137. The number of β-lactam (4-membered cyclic amide) rings is 1. The monoisotopic (exact) mass is 202 g/mol. The minimum atomic E-state index is -1.33. The van der Waals surface area contributed by atoms with Crippen molar-refractivity contribution in [2.24, 2.45) is 5.73 Å². The Morgan fingerprint density at radius 1 is 1.77 bits per heavy atom. The Hall–Kier alpha value is -1.17. The van der Waals surface area contributed by atoms with Crippen LogP contribution in [0.2, 0.25) is 0 Å². The molecule has 2 aliphatic heterocycles. The normalized spacial score (nSPS) is 23.8. The van der Waals surface area contributed by atoms with E-state index in [9.17, 15) is 4.79 Å². The molecule has 2 rings (SSSR count). The fourth-order valence-corrected chi connectivity index (χ4v) is 2.07. The highest BCUT2D eigenvalue weighted by molar-refractivity contribution is 8.00. The summed E-state index contributed by atoms with van der Waals surface area (Å²) in [6.07, 6.45) is 3.33. The number of carboxylic acid groups (broad SMARTS) is 1. The topological polar surface area (TPSA) is 83.6 Å². The van der Waals surface area contributed by atoms with Gasteiger partial charge in [-0.2, -0.15) is 0 Å². The van der Waals surface area contributed by atoms with Crippen LogP contribution in [0, 0.1) is 0 Å². The molecule has 3 N–H and O–H groups in total. The molecule has 1 saturated heterocycles. The first-order chi connectivity index (χ1) is 6.11.